The third kappa shape index (κ3) is 3.94. The first kappa shape index (κ1) is 15.3. The van der Waals surface area contributed by atoms with Crippen molar-refractivity contribution in [3.05, 3.63) is 57.3 Å². The van der Waals surface area contributed by atoms with Gasteiger partial charge in [0.25, 0.3) is 5.91 Å². The molecule has 0 fully saturated rings. The van der Waals surface area contributed by atoms with Gasteiger partial charge in [-0.3, -0.25) is 4.79 Å². The van der Waals surface area contributed by atoms with Crippen LogP contribution >= 0.6 is 11.3 Å². The molecule has 1 amide bonds. The van der Waals surface area contributed by atoms with Crippen LogP contribution in [0.1, 0.15) is 33.3 Å². The molecule has 0 bridgehead atoms. The zero-order valence-corrected chi connectivity index (χ0v) is 12.7. The predicted octanol–water partition coefficient (Wildman–Crippen LogP) is 2.58. The summed E-state index contributed by atoms with van der Waals surface area (Å²) in [5.74, 6) is 5.24. The summed E-state index contributed by atoms with van der Waals surface area (Å²) in [6.07, 6.45) is 0.943. The zero-order valence-electron chi connectivity index (χ0n) is 11.8. The highest BCUT2D eigenvalue weighted by atomic mass is 32.1. The normalized spacial score (nSPS) is 9.81. The van der Waals surface area contributed by atoms with Crippen LogP contribution in [0.15, 0.2) is 35.7 Å². The van der Waals surface area contributed by atoms with Crippen LogP contribution in [0.4, 0.5) is 0 Å². The van der Waals surface area contributed by atoms with Crippen molar-refractivity contribution in [1.29, 1.82) is 0 Å². The van der Waals surface area contributed by atoms with E-state index in [1.165, 1.54) is 16.9 Å². The minimum Gasteiger partial charge on any atom is -0.384 e. The molecule has 2 rings (SSSR count). The van der Waals surface area contributed by atoms with E-state index in [1.807, 2.05) is 23.6 Å². The van der Waals surface area contributed by atoms with Crippen molar-refractivity contribution in [3.8, 4) is 11.8 Å². The highest BCUT2D eigenvalue weighted by Gasteiger charge is 2.12. The number of hydrogen-bond acceptors (Lipinski definition) is 3. The molecule has 0 unspecified atom stereocenters. The number of aryl methyl sites for hydroxylation is 1. The van der Waals surface area contributed by atoms with Crippen molar-refractivity contribution < 1.29 is 9.90 Å². The summed E-state index contributed by atoms with van der Waals surface area (Å²) >= 11 is 1.36. The number of hydrogen-bond donors (Lipinski definition) is 2. The minimum atomic E-state index is -0.208. The largest absolute Gasteiger partial charge is 0.384 e. The topological polar surface area (TPSA) is 49.3 Å². The van der Waals surface area contributed by atoms with Gasteiger partial charge in [-0.25, -0.2) is 0 Å². The summed E-state index contributed by atoms with van der Waals surface area (Å²) in [7, 11) is 0. The monoisotopic (exact) mass is 299 g/mol. The maximum Gasteiger partial charge on any atom is 0.262 e. The number of benzene rings is 1. The standard InChI is InChI=1S/C17H17NO2S/c1-2-13-6-3-4-7-15(13)12-18-17(20)16-14(8-5-10-19)9-11-21-16/h3-4,6-7,9,11,19H,2,10,12H2,1H3,(H,18,20). The van der Waals surface area contributed by atoms with Gasteiger partial charge in [0.15, 0.2) is 0 Å². The lowest BCUT2D eigenvalue weighted by Crippen LogP contribution is -2.23. The summed E-state index contributed by atoms with van der Waals surface area (Å²) < 4.78 is 0. The van der Waals surface area contributed by atoms with E-state index in [2.05, 4.69) is 30.1 Å². The number of nitrogens with one attached hydrogen (secondary N) is 1. The van der Waals surface area contributed by atoms with Gasteiger partial charge in [-0.1, -0.05) is 43.0 Å². The maximum atomic E-state index is 12.2. The molecule has 0 saturated carbocycles. The quantitative estimate of drug-likeness (QED) is 0.853. The van der Waals surface area contributed by atoms with Crippen molar-refractivity contribution >= 4 is 17.2 Å². The first-order chi connectivity index (χ1) is 10.3. The van der Waals surface area contributed by atoms with Crippen LogP contribution in [0.5, 0.6) is 0 Å². The summed E-state index contributed by atoms with van der Waals surface area (Å²) in [4.78, 5) is 12.8. The van der Waals surface area contributed by atoms with Crippen molar-refractivity contribution in [1.82, 2.24) is 5.32 Å². The SMILES string of the molecule is CCc1ccccc1CNC(=O)c1sccc1C#CCO. The Hall–Kier alpha value is -2.09. The highest BCUT2D eigenvalue weighted by molar-refractivity contribution is 7.12. The number of carbonyl (C=O) groups excluding carboxylic acids is 1. The number of carbonyl (C=O) groups is 1. The fourth-order valence-corrected chi connectivity index (χ4v) is 2.81. The van der Waals surface area contributed by atoms with E-state index in [0.717, 1.165) is 12.0 Å². The minimum absolute atomic E-state index is 0.127. The van der Waals surface area contributed by atoms with Crippen molar-refractivity contribution in [2.75, 3.05) is 6.61 Å². The molecule has 0 aliphatic heterocycles. The number of aliphatic hydroxyl groups is 1. The molecule has 0 radical (unpaired) electrons. The Balaban J connectivity index is 2.07. The number of amides is 1. The predicted molar refractivity (Wildman–Crippen MR) is 85.3 cm³/mol. The molecule has 1 aromatic heterocycles. The summed E-state index contributed by atoms with van der Waals surface area (Å²) in [6.45, 7) is 2.40. The van der Waals surface area contributed by atoms with Gasteiger partial charge in [-0.05, 0) is 29.0 Å². The van der Waals surface area contributed by atoms with Crippen LogP contribution in [0.2, 0.25) is 0 Å². The third-order valence-electron chi connectivity index (χ3n) is 3.11. The smallest absolute Gasteiger partial charge is 0.262 e. The molecule has 1 heterocycles. The first-order valence-corrected chi connectivity index (χ1v) is 7.66. The van der Waals surface area contributed by atoms with E-state index in [-0.39, 0.29) is 12.5 Å². The molecule has 4 heteroatoms. The lowest BCUT2D eigenvalue weighted by atomic mass is 10.1. The molecular weight excluding hydrogens is 282 g/mol. The van der Waals surface area contributed by atoms with Crippen LogP contribution in [0.3, 0.4) is 0 Å². The first-order valence-electron chi connectivity index (χ1n) is 6.78. The molecule has 3 nitrogen and oxygen atoms in total. The Labute approximate surface area is 128 Å². The fourth-order valence-electron chi connectivity index (χ4n) is 2.05. The van der Waals surface area contributed by atoms with Crippen LogP contribution < -0.4 is 5.32 Å². The lowest BCUT2D eigenvalue weighted by Gasteiger charge is -2.08. The van der Waals surface area contributed by atoms with Gasteiger partial charge >= 0.3 is 0 Å². The molecule has 0 atom stereocenters. The molecule has 0 saturated heterocycles. The molecule has 0 spiro atoms. The van der Waals surface area contributed by atoms with Crippen molar-refractivity contribution in [2.24, 2.45) is 0 Å². The van der Waals surface area contributed by atoms with E-state index in [9.17, 15) is 4.79 Å². The van der Waals surface area contributed by atoms with Gasteiger partial charge in [0.2, 0.25) is 0 Å². The average Bonchev–Trinajstić information content (AvgIpc) is 2.99. The van der Waals surface area contributed by atoms with Crippen molar-refractivity contribution in [2.45, 2.75) is 19.9 Å². The molecule has 0 aliphatic carbocycles. The van der Waals surface area contributed by atoms with Gasteiger partial charge in [0, 0.05) is 12.1 Å². The summed E-state index contributed by atoms with van der Waals surface area (Å²) in [5.41, 5.74) is 3.03. The maximum absolute atomic E-state index is 12.2. The Morgan fingerprint density at radius 1 is 1.29 bits per heavy atom. The van der Waals surface area contributed by atoms with E-state index in [4.69, 9.17) is 5.11 Å². The Morgan fingerprint density at radius 2 is 2.05 bits per heavy atom. The second kappa shape index (κ2) is 7.63. The van der Waals surface area contributed by atoms with Crippen LogP contribution in [0.25, 0.3) is 0 Å². The van der Waals surface area contributed by atoms with Gasteiger partial charge < -0.3 is 10.4 Å². The highest BCUT2D eigenvalue weighted by Crippen LogP contribution is 2.16. The Morgan fingerprint density at radius 3 is 2.76 bits per heavy atom. The van der Waals surface area contributed by atoms with Gasteiger partial charge in [0.1, 0.15) is 11.5 Å². The number of rotatable bonds is 4. The molecule has 0 aliphatic rings. The summed E-state index contributed by atoms with van der Waals surface area (Å²) in [6, 6.07) is 9.88. The fraction of sp³-hybridized carbons (Fsp3) is 0.235. The number of aliphatic hydroxyl groups excluding tert-OH is 1. The van der Waals surface area contributed by atoms with Gasteiger partial charge in [-0.15, -0.1) is 11.3 Å². The Bertz CT molecular complexity index is 679. The Kier molecular flexibility index (Phi) is 5.56. The van der Waals surface area contributed by atoms with E-state index >= 15 is 0 Å². The van der Waals surface area contributed by atoms with E-state index < -0.39 is 0 Å². The van der Waals surface area contributed by atoms with E-state index in [0.29, 0.717) is 17.0 Å². The molecular formula is C17H17NO2S. The lowest BCUT2D eigenvalue weighted by molar-refractivity contribution is 0.0954. The van der Waals surface area contributed by atoms with E-state index in [1.54, 1.807) is 6.07 Å². The molecule has 108 valence electrons. The van der Waals surface area contributed by atoms with Crippen LogP contribution in [0, 0.1) is 11.8 Å². The second-order valence-corrected chi connectivity index (χ2v) is 5.34. The van der Waals surface area contributed by atoms with Crippen LogP contribution in [-0.4, -0.2) is 17.6 Å². The van der Waals surface area contributed by atoms with Gasteiger partial charge in [-0.2, -0.15) is 0 Å². The molecule has 1 aromatic carbocycles. The molecule has 2 aromatic rings. The second-order valence-electron chi connectivity index (χ2n) is 4.43. The average molecular weight is 299 g/mol. The molecule has 21 heavy (non-hydrogen) atoms. The van der Waals surface area contributed by atoms with Crippen LogP contribution in [-0.2, 0) is 13.0 Å². The van der Waals surface area contributed by atoms with Gasteiger partial charge in [0.05, 0.1) is 0 Å². The summed E-state index contributed by atoms with van der Waals surface area (Å²) in [5, 5.41) is 13.5. The molecule has 2 N–H and O–H groups in total. The zero-order chi connectivity index (χ0) is 15.1. The number of thiophene rings is 1. The third-order valence-corrected chi connectivity index (χ3v) is 4.03. The van der Waals surface area contributed by atoms with Crippen molar-refractivity contribution in [3.63, 3.8) is 0 Å².